The van der Waals surface area contributed by atoms with E-state index in [9.17, 15) is 29.1 Å². The fraction of sp³-hybridized carbons (Fsp3) is 0.356. The molecule has 3 atom stereocenters. The summed E-state index contributed by atoms with van der Waals surface area (Å²) in [4.78, 5) is 71.6. The highest BCUT2D eigenvalue weighted by Crippen LogP contribution is 2.48. The second kappa shape index (κ2) is 13.6. The van der Waals surface area contributed by atoms with Crippen LogP contribution in [0.3, 0.4) is 0 Å². The minimum absolute atomic E-state index is 0.0766. The highest BCUT2D eigenvalue weighted by atomic mass is 16.5. The Balaban J connectivity index is 0.739. The van der Waals surface area contributed by atoms with Gasteiger partial charge in [-0.2, -0.15) is 0 Å². The topological polar surface area (TPSA) is 140 Å². The minimum atomic E-state index is -0.994. The van der Waals surface area contributed by atoms with Crippen molar-refractivity contribution in [3.63, 3.8) is 0 Å². The molecule has 6 aliphatic rings. The highest BCUT2D eigenvalue weighted by molar-refractivity contribution is 6.23. The molecule has 0 bridgehead atoms. The molecule has 0 saturated carbocycles. The third-order valence-corrected chi connectivity index (χ3v) is 13.1. The Morgan fingerprint density at radius 3 is 2.18 bits per heavy atom. The molecule has 4 aromatic carbocycles. The number of hydrogen-bond acceptors (Lipinski definition) is 9. The Kier molecular flexibility index (Phi) is 8.44. The number of anilines is 1. The molecule has 6 heterocycles. The zero-order chi connectivity index (χ0) is 39.0. The van der Waals surface area contributed by atoms with Gasteiger partial charge in [0.15, 0.2) is 0 Å². The van der Waals surface area contributed by atoms with Crippen molar-refractivity contribution < 1.29 is 33.8 Å². The molecule has 6 aliphatic heterocycles. The van der Waals surface area contributed by atoms with Crippen molar-refractivity contribution in [1.82, 2.24) is 20.0 Å². The predicted molar refractivity (Wildman–Crippen MR) is 209 cm³/mol. The molecule has 12 nitrogen and oxygen atoms in total. The molecular weight excluding hydrogens is 723 g/mol. The number of hydrogen-bond donors (Lipinski definition) is 2. The summed E-state index contributed by atoms with van der Waals surface area (Å²) in [6, 6.07) is 27.3. The number of nitrogens with zero attached hydrogens (tertiary/aromatic N) is 4. The van der Waals surface area contributed by atoms with Crippen LogP contribution in [0.5, 0.6) is 11.5 Å². The van der Waals surface area contributed by atoms with Crippen molar-refractivity contribution in [2.45, 2.75) is 56.7 Å². The second-order valence-electron chi connectivity index (χ2n) is 16.6. The number of phenols is 1. The van der Waals surface area contributed by atoms with Crippen molar-refractivity contribution in [3.8, 4) is 11.5 Å². The van der Waals surface area contributed by atoms with Crippen molar-refractivity contribution in [1.29, 1.82) is 0 Å². The third kappa shape index (κ3) is 6.13. The number of piperidine rings is 2. The number of rotatable bonds is 6. The number of imide groups is 2. The van der Waals surface area contributed by atoms with Gasteiger partial charge in [0, 0.05) is 80.3 Å². The van der Waals surface area contributed by atoms with Crippen LogP contribution < -0.4 is 15.0 Å². The van der Waals surface area contributed by atoms with Gasteiger partial charge in [0.2, 0.25) is 17.7 Å². The van der Waals surface area contributed by atoms with Crippen LogP contribution in [0, 0.1) is 5.41 Å². The van der Waals surface area contributed by atoms with Gasteiger partial charge in [0.05, 0.1) is 24.3 Å². The lowest BCUT2D eigenvalue weighted by Gasteiger charge is -2.54. The summed E-state index contributed by atoms with van der Waals surface area (Å²) in [5.74, 6) is -0.801. The number of phenolic OH excluding ortho intramolecular Hbond substituents is 1. The van der Waals surface area contributed by atoms with Gasteiger partial charge in [-0.15, -0.1) is 0 Å². The largest absolute Gasteiger partial charge is 0.508 e. The average Bonchev–Trinajstić information content (AvgIpc) is 3.71. The van der Waals surface area contributed by atoms with Gasteiger partial charge in [0.1, 0.15) is 17.5 Å². The van der Waals surface area contributed by atoms with Crippen LogP contribution in [0.4, 0.5) is 5.69 Å². The Morgan fingerprint density at radius 2 is 1.51 bits per heavy atom. The Labute approximate surface area is 330 Å². The maximum absolute atomic E-state index is 13.5. The van der Waals surface area contributed by atoms with E-state index in [1.165, 1.54) is 16.8 Å². The van der Waals surface area contributed by atoms with E-state index in [2.05, 4.69) is 63.6 Å². The molecule has 5 amide bonds. The molecule has 57 heavy (non-hydrogen) atoms. The van der Waals surface area contributed by atoms with Gasteiger partial charge in [0.25, 0.3) is 11.8 Å². The van der Waals surface area contributed by atoms with Crippen LogP contribution in [0.25, 0.3) is 0 Å². The first-order chi connectivity index (χ1) is 27.6. The molecule has 0 radical (unpaired) electrons. The van der Waals surface area contributed by atoms with Crippen LogP contribution in [0.1, 0.15) is 86.1 Å². The van der Waals surface area contributed by atoms with E-state index in [0.29, 0.717) is 19.7 Å². The Hall–Kier alpha value is -6.01. The minimum Gasteiger partial charge on any atom is -0.508 e. The van der Waals surface area contributed by atoms with Gasteiger partial charge >= 0.3 is 0 Å². The molecule has 290 valence electrons. The molecule has 0 aromatic heterocycles. The number of carbonyl (C=O) groups is 5. The van der Waals surface area contributed by atoms with E-state index in [4.69, 9.17) is 4.74 Å². The van der Waals surface area contributed by atoms with Crippen molar-refractivity contribution in [3.05, 3.63) is 124 Å². The number of carbonyl (C=O) groups excluding carboxylic acids is 5. The van der Waals surface area contributed by atoms with Crippen LogP contribution in [-0.4, -0.2) is 94.7 Å². The van der Waals surface area contributed by atoms with Gasteiger partial charge < -0.3 is 19.6 Å². The van der Waals surface area contributed by atoms with Crippen molar-refractivity contribution in [2.75, 3.05) is 44.2 Å². The number of likely N-dealkylation sites (tertiary alicyclic amines) is 1. The monoisotopic (exact) mass is 765 g/mol. The van der Waals surface area contributed by atoms with Gasteiger partial charge in [-0.05, 0) is 71.8 Å². The van der Waals surface area contributed by atoms with E-state index in [1.54, 1.807) is 24.3 Å². The number of ether oxygens (including phenoxy) is 1. The predicted octanol–water partition coefficient (Wildman–Crippen LogP) is 4.55. The van der Waals surface area contributed by atoms with E-state index < -0.39 is 29.7 Å². The third-order valence-electron chi connectivity index (χ3n) is 13.1. The van der Waals surface area contributed by atoms with E-state index >= 15 is 0 Å². The van der Waals surface area contributed by atoms with Crippen LogP contribution in [0.15, 0.2) is 84.9 Å². The van der Waals surface area contributed by atoms with Crippen LogP contribution >= 0.6 is 0 Å². The normalized spacial score (nSPS) is 23.8. The summed E-state index contributed by atoms with van der Waals surface area (Å²) in [5.41, 5.74) is 7.20. The number of amides is 5. The summed E-state index contributed by atoms with van der Waals surface area (Å²) in [7, 11) is 0. The summed E-state index contributed by atoms with van der Waals surface area (Å²) >= 11 is 0. The van der Waals surface area contributed by atoms with E-state index in [-0.39, 0.29) is 59.4 Å². The first kappa shape index (κ1) is 35.4. The summed E-state index contributed by atoms with van der Waals surface area (Å²) in [6.07, 6.45) is 2.23. The molecule has 0 aliphatic carbocycles. The quantitative estimate of drug-likeness (QED) is 0.271. The molecular formula is C45H43N5O7. The van der Waals surface area contributed by atoms with Crippen LogP contribution in [-0.2, 0) is 27.5 Å². The van der Waals surface area contributed by atoms with E-state index in [0.717, 1.165) is 66.4 Å². The summed E-state index contributed by atoms with van der Waals surface area (Å²) < 4.78 is 6.16. The molecule has 1 spiro atoms. The Morgan fingerprint density at radius 1 is 0.825 bits per heavy atom. The molecule has 3 saturated heterocycles. The number of aromatic hydroxyl groups is 1. The van der Waals surface area contributed by atoms with E-state index in [1.807, 2.05) is 17.0 Å². The fourth-order valence-electron chi connectivity index (χ4n) is 10.0. The standard InChI is InChI=1S/C45H43N5O7/c51-32-10-11-33-38(20-32)57-24-36(27-4-2-1-3-5-27)41(33)28-6-8-31(9-7-28)48-16-14-45(15-17-48)25-49(26-45)40(53)23-47-21-29-18-34-35(19-30(29)22-47)44(56)50(43(34)55)37-12-13-39(52)46-42(37)54/h1-11,18-20,36-37,41,51H,12-17,21-26H2,(H,46,52,54)/t36-,37?,41-/m1/s1. The fourth-order valence-corrected chi connectivity index (χ4v) is 10.0. The van der Waals surface area contributed by atoms with Gasteiger partial charge in [-0.1, -0.05) is 48.5 Å². The molecule has 4 aromatic rings. The number of nitrogens with one attached hydrogen (secondary N) is 1. The smallest absolute Gasteiger partial charge is 0.262 e. The van der Waals surface area contributed by atoms with Crippen molar-refractivity contribution in [2.24, 2.45) is 5.41 Å². The highest BCUT2D eigenvalue weighted by Gasteiger charge is 2.48. The van der Waals surface area contributed by atoms with Gasteiger partial charge in [-0.25, -0.2) is 0 Å². The molecule has 2 N–H and O–H groups in total. The lowest BCUT2D eigenvalue weighted by atomic mass is 9.72. The molecule has 10 rings (SSSR count). The zero-order valence-electron chi connectivity index (χ0n) is 31.5. The second-order valence-corrected chi connectivity index (χ2v) is 16.6. The molecule has 3 fully saturated rings. The summed E-state index contributed by atoms with van der Waals surface area (Å²) in [6.45, 7) is 5.17. The lowest BCUT2D eigenvalue weighted by Crippen LogP contribution is -2.63. The van der Waals surface area contributed by atoms with Crippen molar-refractivity contribution >= 4 is 35.2 Å². The first-order valence-corrected chi connectivity index (χ1v) is 19.9. The SMILES string of the molecule is O=C1CCC(N2C(=O)c3cc4c(cc3C2=O)CN(CC(=O)N2CC3(CCN(c5ccc([C@@H]6c7ccc(O)cc7OC[C@@H]6c6ccccc6)cc5)CC3)C2)C4)C(=O)N1. The maximum atomic E-state index is 13.5. The number of fused-ring (bicyclic) bond motifs is 3. The molecule has 12 heteroatoms. The average molecular weight is 766 g/mol. The Bertz CT molecular complexity index is 2280. The molecule has 1 unspecified atom stereocenters. The summed E-state index contributed by atoms with van der Waals surface area (Å²) in [5, 5.41) is 12.4. The number of benzene rings is 4. The lowest BCUT2D eigenvalue weighted by molar-refractivity contribution is -0.146. The zero-order valence-corrected chi connectivity index (χ0v) is 31.5. The van der Waals surface area contributed by atoms with Crippen LogP contribution in [0.2, 0.25) is 0 Å². The van der Waals surface area contributed by atoms with Gasteiger partial charge in [-0.3, -0.25) is 39.1 Å². The first-order valence-electron chi connectivity index (χ1n) is 19.9. The maximum Gasteiger partial charge on any atom is 0.262 e.